The molecule has 0 atom stereocenters. The largest absolute Gasteiger partial charge is 0.497 e. The number of amides is 1. The molecule has 1 aromatic rings. The number of nitrogens with one attached hydrogen (secondary N) is 2. The molecule has 0 aliphatic rings. The molecule has 5 heteroatoms. The van der Waals surface area contributed by atoms with Crippen LogP contribution in [0, 0.1) is 0 Å². The normalized spacial score (nSPS) is 9.88. The summed E-state index contributed by atoms with van der Waals surface area (Å²) in [6, 6.07) is 7.13. The number of aliphatic hydroxyl groups is 1. The number of carbonyl (C=O) groups excluding carboxylic acids is 1. The minimum Gasteiger partial charge on any atom is -0.497 e. The third kappa shape index (κ3) is 4.29. The van der Waals surface area contributed by atoms with Crippen molar-refractivity contribution in [3.05, 3.63) is 24.3 Å². The molecule has 0 heterocycles. The molecule has 0 aliphatic carbocycles. The van der Waals surface area contributed by atoms with Crippen LogP contribution >= 0.6 is 0 Å². The Kier molecular flexibility index (Phi) is 5.31. The molecule has 5 nitrogen and oxygen atoms in total. The number of ether oxygens (including phenoxy) is 1. The predicted molar refractivity (Wildman–Crippen MR) is 61.6 cm³/mol. The van der Waals surface area contributed by atoms with Crippen LogP contribution in [0.1, 0.15) is 0 Å². The summed E-state index contributed by atoms with van der Waals surface area (Å²) in [6.07, 6.45) is 0. The number of hydrogen-bond donors (Lipinski definition) is 3. The van der Waals surface area contributed by atoms with E-state index in [-0.39, 0.29) is 19.1 Å². The summed E-state index contributed by atoms with van der Waals surface area (Å²) in [5, 5.41) is 14.0. The van der Waals surface area contributed by atoms with Gasteiger partial charge in [0.1, 0.15) is 5.75 Å². The molecule has 16 heavy (non-hydrogen) atoms. The third-order valence-corrected chi connectivity index (χ3v) is 1.93. The fraction of sp³-hybridized carbons (Fsp3) is 0.364. The van der Waals surface area contributed by atoms with Gasteiger partial charge < -0.3 is 20.5 Å². The van der Waals surface area contributed by atoms with Gasteiger partial charge in [-0.1, -0.05) is 6.07 Å². The number of benzene rings is 1. The summed E-state index contributed by atoms with van der Waals surface area (Å²) in [5.74, 6) is 0.544. The highest BCUT2D eigenvalue weighted by molar-refractivity contribution is 5.92. The molecule has 3 N–H and O–H groups in total. The van der Waals surface area contributed by atoms with E-state index in [1.165, 1.54) is 0 Å². The lowest BCUT2D eigenvalue weighted by Gasteiger charge is -2.07. The Morgan fingerprint density at radius 3 is 3.00 bits per heavy atom. The average Bonchev–Trinajstić information content (AvgIpc) is 2.29. The van der Waals surface area contributed by atoms with Gasteiger partial charge in [-0.2, -0.15) is 0 Å². The number of hydrogen-bond acceptors (Lipinski definition) is 4. The third-order valence-electron chi connectivity index (χ3n) is 1.93. The van der Waals surface area contributed by atoms with E-state index in [1.807, 2.05) is 0 Å². The monoisotopic (exact) mass is 224 g/mol. The van der Waals surface area contributed by atoms with Crippen LogP contribution in [0.4, 0.5) is 5.69 Å². The van der Waals surface area contributed by atoms with Gasteiger partial charge in [0, 0.05) is 18.3 Å². The van der Waals surface area contributed by atoms with Gasteiger partial charge in [0.2, 0.25) is 5.91 Å². The highest BCUT2D eigenvalue weighted by Gasteiger charge is 2.01. The molecule has 0 spiro atoms. The van der Waals surface area contributed by atoms with Gasteiger partial charge in [-0.05, 0) is 12.1 Å². The molecule has 0 saturated carbocycles. The maximum absolute atomic E-state index is 11.4. The van der Waals surface area contributed by atoms with Crippen molar-refractivity contribution in [2.24, 2.45) is 0 Å². The Morgan fingerprint density at radius 1 is 1.50 bits per heavy atom. The van der Waals surface area contributed by atoms with Gasteiger partial charge in [0.05, 0.1) is 20.3 Å². The number of anilines is 1. The fourth-order valence-electron chi connectivity index (χ4n) is 1.19. The van der Waals surface area contributed by atoms with Crippen LogP contribution in [0.5, 0.6) is 5.75 Å². The van der Waals surface area contributed by atoms with Crippen molar-refractivity contribution in [3.8, 4) is 5.75 Å². The molecule has 0 aromatic heterocycles. The Labute approximate surface area is 94.4 Å². The number of aliphatic hydroxyl groups excluding tert-OH is 1. The lowest BCUT2D eigenvalue weighted by atomic mass is 10.3. The van der Waals surface area contributed by atoms with Crippen LogP contribution < -0.4 is 15.4 Å². The second-order valence-corrected chi connectivity index (χ2v) is 3.18. The van der Waals surface area contributed by atoms with Crippen LogP contribution in [0.25, 0.3) is 0 Å². The second-order valence-electron chi connectivity index (χ2n) is 3.18. The van der Waals surface area contributed by atoms with E-state index in [2.05, 4.69) is 10.6 Å². The van der Waals surface area contributed by atoms with E-state index in [0.717, 1.165) is 0 Å². The molecule has 1 aromatic carbocycles. The molecular weight excluding hydrogens is 208 g/mol. The molecule has 0 bridgehead atoms. The Morgan fingerprint density at radius 2 is 2.31 bits per heavy atom. The van der Waals surface area contributed by atoms with Gasteiger partial charge in [-0.15, -0.1) is 0 Å². The van der Waals surface area contributed by atoms with Crippen LogP contribution in [0.2, 0.25) is 0 Å². The zero-order valence-electron chi connectivity index (χ0n) is 9.19. The molecule has 0 unspecified atom stereocenters. The SMILES string of the molecule is COc1cccc(NC(=O)CNCCO)c1. The van der Waals surface area contributed by atoms with Crippen molar-refractivity contribution in [1.82, 2.24) is 5.32 Å². The van der Waals surface area contributed by atoms with E-state index >= 15 is 0 Å². The van der Waals surface area contributed by atoms with Crippen molar-refractivity contribution in [2.75, 3.05) is 32.1 Å². The van der Waals surface area contributed by atoms with Crippen molar-refractivity contribution >= 4 is 11.6 Å². The van der Waals surface area contributed by atoms with E-state index in [9.17, 15) is 4.79 Å². The highest BCUT2D eigenvalue weighted by Crippen LogP contribution is 2.16. The minimum atomic E-state index is -0.151. The number of carbonyl (C=O) groups is 1. The van der Waals surface area contributed by atoms with Gasteiger partial charge in [-0.25, -0.2) is 0 Å². The van der Waals surface area contributed by atoms with Crippen LogP contribution in [-0.2, 0) is 4.79 Å². The van der Waals surface area contributed by atoms with Crippen LogP contribution in [0.15, 0.2) is 24.3 Å². The van der Waals surface area contributed by atoms with Crippen molar-refractivity contribution in [1.29, 1.82) is 0 Å². The number of rotatable bonds is 6. The summed E-state index contributed by atoms with van der Waals surface area (Å²) in [7, 11) is 1.57. The number of methoxy groups -OCH3 is 1. The van der Waals surface area contributed by atoms with Crippen molar-refractivity contribution in [2.45, 2.75) is 0 Å². The van der Waals surface area contributed by atoms with Gasteiger partial charge in [0.25, 0.3) is 0 Å². The minimum absolute atomic E-state index is 0.0203. The summed E-state index contributed by atoms with van der Waals surface area (Å²) >= 11 is 0. The van der Waals surface area contributed by atoms with E-state index in [4.69, 9.17) is 9.84 Å². The molecule has 88 valence electrons. The first-order chi connectivity index (χ1) is 7.76. The van der Waals surface area contributed by atoms with E-state index in [0.29, 0.717) is 18.0 Å². The predicted octanol–water partition coefficient (Wildman–Crippen LogP) is 0.216. The first kappa shape index (κ1) is 12.5. The van der Waals surface area contributed by atoms with Crippen LogP contribution in [-0.4, -0.2) is 37.8 Å². The van der Waals surface area contributed by atoms with E-state index < -0.39 is 0 Å². The smallest absolute Gasteiger partial charge is 0.238 e. The lowest BCUT2D eigenvalue weighted by molar-refractivity contribution is -0.115. The molecule has 0 fully saturated rings. The topological polar surface area (TPSA) is 70.6 Å². The molecule has 0 radical (unpaired) electrons. The van der Waals surface area contributed by atoms with Crippen molar-refractivity contribution in [3.63, 3.8) is 0 Å². The van der Waals surface area contributed by atoms with E-state index in [1.54, 1.807) is 31.4 Å². The zero-order valence-corrected chi connectivity index (χ0v) is 9.19. The average molecular weight is 224 g/mol. The maximum Gasteiger partial charge on any atom is 0.238 e. The summed E-state index contributed by atoms with van der Waals surface area (Å²) < 4.78 is 5.03. The standard InChI is InChI=1S/C11H16N2O3/c1-16-10-4-2-3-9(7-10)13-11(15)8-12-5-6-14/h2-4,7,12,14H,5-6,8H2,1H3,(H,13,15). The lowest BCUT2D eigenvalue weighted by Crippen LogP contribution is -2.29. The zero-order chi connectivity index (χ0) is 11.8. The van der Waals surface area contributed by atoms with Gasteiger partial charge in [-0.3, -0.25) is 4.79 Å². The fourth-order valence-corrected chi connectivity index (χ4v) is 1.19. The molecule has 0 aliphatic heterocycles. The van der Waals surface area contributed by atoms with Gasteiger partial charge in [0.15, 0.2) is 0 Å². The Balaban J connectivity index is 2.43. The summed E-state index contributed by atoms with van der Waals surface area (Å²) in [4.78, 5) is 11.4. The molecular formula is C11H16N2O3. The molecule has 1 rings (SSSR count). The molecule has 0 saturated heterocycles. The quantitative estimate of drug-likeness (QED) is 0.604. The van der Waals surface area contributed by atoms with Crippen molar-refractivity contribution < 1.29 is 14.6 Å². The first-order valence-corrected chi connectivity index (χ1v) is 5.01. The second kappa shape index (κ2) is 6.81. The maximum atomic E-state index is 11.4. The van der Waals surface area contributed by atoms with Crippen LogP contribution in [0.3, 0.4) is 0 Å². The van der Waals surface area contributed by atoms with Gasteiger partial charge >= 0.3 is 0 Å². The Hall–Kier alpha value is -1.59. The first-order valence-electron chi connectivity index (χ1n) is 5.01. The molecule has 1 amide bonds. The summed E-state index contributed by atoms with van der Waals surface area (Å²) in [6.45, 7) is 0.607. The highest BCUT2D eigenvalue weighted by atomic mass is 16.5. The Bertz CT molecular complexity index is 342. The summed E-state index contributed by atoms with van der Waals surface area (Å²) in [5.41, 5.74) is 0.690.